The highest BCUT2D eigenvalue weighted by Crippen LogP contribution is 1.93. The van der Waals surface area contributed by atoms with Crippen molar-refractivity contribution in [2.24, 2.45) is 0 Å². The van der Waals surface area contributed by atoms with Gasteiger partial charge in [0.1, 0.15) is 12.4 Å². The van der Waals surface area contributed by atoms with Gasteiger partial charge in [-0.05, 0) is 14.1 Å². The molecular weight excluding hydrogens is 134 g/mol. The Balaban J connectivity index is 4.04. The fraction of sp³-hybridized carbons (Fsp3) is 0.667. The summed E-state index contributed by atoms with van der Waals surface area (Å²) >= 11 is 0. The van der Waals surface area contributed by atoms with Crippen LogP contribution in [0.5, 0.6) is 0 Å². The molecule has 0 aliphatic rings. The van der Waals surface area contributed by atoms with Gasteiger partial charge in [0.05, 0.1) is 6.04 Å². The first kappa shape index (κ1) is 9.26. The Labute approximate surface area is 59.4 Å². The second kappa shape index (κ2) is 4.14. The van der Waals surface area contributed by atoms with E-state index in [4.69, 9.17) is 5.11 Å². The summed E-state index contributed by atoms with van der Waals surface area (Å²) in [6, 6.07) is -0.725. The van der Waals surface area contributed by atoms with E-state index in [9.17, 15) is 9.59 Å². The lowest BCUT2D eigenvalue weighted by atomic mass is 10.2. The molecule has 0 heterocycles. The molecule has 0 aromatic heterocycles. The average Bonchev–Trinajstić information content (AvgIpc) is 1.88. The summed E-state index contributed by atoms with van der Waals surface area (Å²) in [5, 5.41) is 8.85. The lowest BCUT2D eigenvalue weighted by molar-refractivity contribution is -0.124. The van der Waals surface area contributed by atoms with Crippen LogP contribution < -0.4 is 0 Å². The second-order valence-electron chi connectivity index (χ2n) is 2.22. The quantitative estimate of drug-likeness (QED) is 0.498. The minimum absolute atomic E-state index is 0.346. The molecule has 4 heteroatoms. The highest BCUT2D eigenvalue weighted by molar-refractivity contribution is 5.69. The molecule has 0 spiro atoms. The fourth-order valence-corrected chi connectivity index (χ4v) is 0.588. The maximum atomic E-state index is 10.2. The van der Waals surface area contributed by atoms with Crippen LogP contribution in [-0.2, 0) is 9.59 Å². The van der Waals surface area contributed by atoms with Crippen LogP contribution in [0.15, 0.2) is 0 Å². The first-order valence-electron chi connectivity index (χ1n) is 2.88. The van der Waals surface area contributed by atoms with Crippen LogP contribution in [0.1, 0.15) is 0 Å². The number of carbonyl (C=O) groups excluding carboxylic acids is 2. The van der Waals surface area contributed by atoms with Crippen LogP contribution in [0.2, 0.25) is 0 Å². The van der Waals surface area contributed by atoms with Gasteiger partial charge in [-0.1, -0.05) is 0 Å². The molecule has 2 unspecified atom stereocenters. The summed E-state index contributed by atoms with van der Waals surface area (Å²) in [5.41, 5.74) is 0. The van der Waals surface area contributed by atoms with Crippen molar-refractivity contribution in [2.75, 3.05) is 14.1 Å². The van der Waals surface area contributed by atoms with Gasteiger partial charge in [0, 0.05) is 0 Å². The second-order valence-corrected chi connectivity index (χ2v) is 2.22. The Morgan fingerprint density at radius 1 is 1.30 bits per heavy atom. The minimum Gasteiger partial charge on any atom is -0.384 e. The maximum absolute atomic E-state index is 10.2. The van der Waals surface area contributed by atoms with Crippen LogP contribution >= 0.6 is 0 Å². The van der Waals surface area contributed by atoms with Crippen molar-refractivity contribution < 1.29 is 14.7 Å². The Hall–Kier alpha value is -0.740. The molecule has 0 saturated carbocycles. The number of nitrogens with zero attached hydrogens (tertiary/aromatic N) is 1. The smallest absolute Gasteiger partial charge is 0.150 e. The van der Waals surface area contributed by atoms with Crippen molar-refractivity contribution in [3.8, 4) is 0 Å². The normalized spacial score (nSPS) is 16.4. The first-order valence-corrected chi connectivity index (χ1v) is 2.88. The number of aliphatic hydroxyl groups excluding tert-OH is 1. The Kier molecular flexibility index (Phi) is 3.83. The Bertz CT molecular complexity index is 124. The molecule has 0 radical (unpaired) electrons. The van der Waals surface area contributed by atoms with Crippen LogP contribution in [0.3, 0.4) is 0 Å². The molecule has 0 rings (SSSR count). The van der Waals surface area contributed by atoms with Gasteiger partial charge >= 0.3 is 0 Å². The molecule has 10 heavy (non-hydrogen) atoms. The Morgan fingerprint density at radius 2 is 1.80 bits per heavy atom. The maximum Gasteiger partial charge on any atom is 0.150 e. The van der Waals surface area contributed by atoms with Gasteiger partial charge in [0.15, 0.2) is 6.29 Å². The average molecular weight is 145 g/mol. The van der Waals surface area contributed by atoms with Crippen LogP contribution in [0.25, 0.3) is 0 Å². The highest BCUT2D eigenvalue weighted by Gasteiger charge is 2.18. The molecule has 0 aromatic rings. The summed E-state index contributed by atoms with van der Waals surface area (Å²) in [7, 11) is 3.23. The van der Waals surface area contributed by atoms with E-state index in [2.05, 4.69) is 0 Å². The largest absolute Gasteiger partial charge is 0.384 e. The molecule has 2 atom stereocenters. The van der Waals surface area contributed by atoms with E-state index in [1.54, 1.807) is 14.1 Å². The van der Waals surface area contributed by atoms with E-state index < -0.39 is 12.1 Å². The van der Waals surface area contributed by atoms with E-state index in [-0.39, 0.29) is 0 Å². The molecular formula is C6H11NO3. The third kappa shape index (κ3) is 2.24. The van der Waals surface area contributed by atoms with Crippen molar-refractivity contribution in [3.63, 3.8) is 0 Å². The van der Waals surface area contributed by atoms with Gasteiger partial charge in [-0.25, -0.2) is 0 Å². The van der Waals surface area contributed by atoms with Crippen molar-refractivity contribution in [1.29, 1.82) is 0 Å². The lowest BCUT2D eigenvalue weighted by Gasteiger charge is -2.19. The number of carbonyl (C=O) groups is 2. The van der Waals surface area contributed by atoms with Gasteiger partial charge in [0.25, 0.3) is 0 Å². The number of hydrogen-bond donors (Lipinski definition) is 1. The molecule has 0 aliphatic heterocycles. The summed E-state index contributed by atoms with van der Waals surface area (Å²) in [6.07, 6.45) is -0.328. The van der Waals surface area contributed by atoms with E-state index in [1.807, 2.05) is 0 Å². The van der Waals surface area contributed by atoms with Crippen molar-refractivity contribution in [1.82, 2.24) is 4.90 Å². The monoisotopic (exact) mass is 145 g/mol. The molecule has 0 amide bonds. The fourth-order valence-electron chi connectivity index (χ4n) is 0.588. The van der Waals surface area contributed by atoms with Crippen LogP contribution in [0.4, 0.5) is 0 Å². The standard InChI is InChI=1S/C6H11NO3/c1-7(2)5(3-8)6(10)4-9/h3-6,10H,1-2H3. The van der Waals surface area contributed by atoms with Crippen molar-refractivity contribution in [3.05, 3.63) is 0 Å². The van der Waals surface area contributed by atoms with Gasteiger partial charge in [0.2, 0.25) is 0 Å². The molecule has 1 N–H and O–H groups in total. The number of likely N-dealkylation sites (N-methyl/N-ethyl adjacent to an activating group) is 1. The summed E-state index contributed by atoms with van der Waals surface area (Å²) < 4.78 is 0. The predicted octanol–water partition coefficient (Wildman–Crippen LogP) is -1.32. The number of aldehydes is 2. The van der Waals surface area contributed by atoms with Gasteiger partial charge in [-0.3, -0.25) is 4.90 Å². The van der Waals surface area contributed by atoms with Gasteiger partial charge < -0.3 is 14.7 Å². The van der Waals surface area contributed by atoms with Crippen LogP contribution in [-0.4, -0.2) is 48.8 Å². The number of hydrogen-bond acceptors (Lipinski definition) is 4. The highest BCUT2D eigenvalue weighted by atomic mass is 16.3. The summed E-state index contributed by atoms with van der Waals surface area (Å²) in [6.45, 7) is 0. The zero-order valence-corrected chi connectivity index (χ0v) is 6.02. The molecule has 4 nitrogen and oxygen atoms in total. The zero-order valence-electron chi connectivity index (χ0n) is 6.02. The molecule has 0 aromatic carbocycles. The molecule has 0 bridgehead atoms. The first-order chi connectivity index (χ1) is 4.63. The number of rotatable bonds is 4. The van der Waals surface area contributed by atoms with Gasteiger partial charge in [-0.15, -0.1) is 0 Å². The molecule has 0 saturated heterocycles. The van der Waals surface area contributed by atoms with Gasteiger partial charge in [-0.2, -0.15) is 0 Å². The van der Waals surface area contributed by atoms with E-state index in [1.165, 1.54) is 4.90 Å². The molecule has 58 valence electrons. The van der Waals surface area contributed by atoms with Crippen molar-refractivity contribution in [2.45, 2.75) is 12.1 Å². The van der Waals surface area contributed by atoms with Crippen LogP contribution in [0, 0.1) is 0 Å². The van der Waals surface area contributed by atoms with E-state index >= 15 is 0 Å². The van der Waals surface area contributed by atoms with E-state index in [0.29, 0.717) is 12.6 Å². The minimum atomic E-state index is -1.22. The van der Waals surface area contributed by atoms with Crippen molar-refractivity contribution >= 4 is 12.6 Å². The third-order valence-corrected chi connectivity index (χ3v) is 1.23. The summed E-state index contributed by atoms with van der Waals surface area (Å²) in [4.78, 5) is 21.6. The summed E-state index contributed by atoms with van der Waals surface area (Å²) in [5.74, 6) is 0. The topological polar surface area (TPSA) is 57.6 Å². The molecule has 0 fully saturated rings. The lowest BCUT2D eigenvalue weighted by Crippen LogP contribution is -2.41. The molecule has 0 aliphatic carbocycles. The predicted molar refractivity (Wildman–Crippen MR) is 35.6 cm³/mol. The SMILES string of the molecule is CN(C)C(C=O)C(O)C=O. The Morgan fingerprint density at radius 3 is 1.90 bits per heavy atom. The zero-order chi connectivity index (χ0) is 8.15. The third-order valence-electron chi connectivity index (χ3n) is 1.23. The van der Waals surface area contributed by atoms with E-state index in [0.717, 1.165) is 0 Å². The number of aliphatic hydroxyl groups is 1.